The predicted molar refractivity (Wildman–Crippen MR) is 73.8 cm³/mol. The van der Waals surface area contributed by atoms with Gasteiger partial charge in [0, 0.05) is 11.1 Å². The van der Waals surface area contributed by atoms with Gasteiger partial charge in [-0.25, -0.2) is 4.98 Å². The number of aryl methyl sites for hydroxylation is 1. The number of carboxylic acids is 1. The van der Waals surface area contributed by atoms with Gasteiger partial charge < -0.3 is 5.11 Å². The fourth-order valence-electron chi connectivity index (χ4n) is 1.60. The molecule has 1 heterocycles. The Balaban J connectivity index is 2.64. The van der Waals surface area contributed by atoms with E-state index in [2.05, 4.69) is 11.9 Å². The number of carbonyl (C=O) groups is 1. The minimum absolute atomic E-state index is 0.561. The molecule has 1 N–H and O–H groups in total. The summed E-state index contributed by atoms with van der Waals surface area (Å²) >= 11 is 1.57. The monoisotopic (exact) mass is 268 g/mol. The van der Waals surface area contributed by atoms with Gasteiger partial charge in [-0.15, -0.1) is 11.3 Å². The van der Waals surface area contributed by atoms with E-state index in [-0.39, 0.29) is 0 Å². The number of allylic oxidation sites excluding steroid dienone is 1. The maximum Gasteiger partial charge on any atom is 0.324 e. The molecule has 1 atom stereocenters. The molecule has 0 fully saturated rings. The fraction of sp³-hybridized carbons (Fsp3) is 0.538. The lowest BCUT2D eigenvalue weighted by atomic mass is 10.2. The molecule has 18 heavy (non-hydrogen) atoms. The molecule has 0 bridgehead atoms. The van der Waals surface area contributed by atoms with Crippen molar-refractivity contribution in [1.29, 1.82) is 0 Å². The van der Waals surface area contributed by atoms with E-state index in [1.165, 1.54) is 0 Å². The van der Waals surface area contributed by atoms with Gasteiger partial charge in [0.25, 0.3) is 0 Å². The quantitative estimate of drug-likeness (QED) is 0.772. The van der Waals surface area contributed by atoms with E-state index in [1.807, 2.05) is 25.4 Å². The molecule has 1 aromatic rings. The lowest BCUT2D eigenvalue weighted by Crippen LogP contribution is -2.36. The van der Waals surface area contributed by atoms with Gasteiger partial charge in [-0.2, -0.15) is 0 Å². The van der Waals surface area contributed by atoms with E-state index >= 15 is 0 Å². The first kappa shape index (κ1) is 14.9. The molecule has 0 spiro atoms. The normalized spacial score (nSPS) is 13.3. The average Bonchev–Trinajstić information content (AvgIpc) is 2.69. The Morgan fingerprint density at radius 2 is 2.39 bits per heavy atom. The first-order valence-corrected chi connectivity index (χ1v) is 6.93. The standard InChI is InChI=1S/C13H20N2O2S/c1-4-5-6-7-11(13(16)17)15(3)8-12-14-10(2)9-18-12/h6-7,9,11H,4-5,8H2,1-3H3,(H,16,17)/b7-6+/t11-/m1/s1. The van der Waals surface area contributed by atoms with Crippen molar-refractivity contribution in [2.45, 2.75) is 39.3 Å². The number of hydrogen-bond acceptors (Lipinski definition) is 4. The van der Waals surface area contributed by atoms with Crippen LogP contribution in [0, 0.1) is 6.92 Å². The fourth-order valence-corrected chi connectivity index (χ4v) is 2.43. The third-order valence-corrected chi connectivity index (χ3v) is 3.50. The van der Waals surface area contributed by atoms with Gasteiger partial charge in [-0.1, -0.05) is 25.5 Å². The van der Waals surface area contributed by atoms with Gasteiger partial charge in [0.15, 0.2) is 0 Å². The number of hydrogen-bond donors (Lipinski definition) is 1. The summed E-state index contributed by atoms with van der Waals surface area (Å²) in [4.78, 5) is 17.4. The van der Waals surface area contributed by atoms with Crippen LogP contribution in [0.25, 0.3) is 0 Å². The number of nitrogens with zero attached hydrogens (tertiary/aromatic N) is 2. The van der Waals surface area contributed by atoms with Crippen molar-refractivity contribution in [3.8, 4) is 0 Å². The minimum atomic E-state index is -0.821. The molecule has 0 aliphatic heterocycles. The summed E-state index contributed by atoms with van der Waals surface area (Å²) in [6, 6.07) is -0.583. The van der Waals surface area contributed by atoms with E-state index in [4.69, 9.17) is 0 Å². The van der Waals surface area contributed by atoms with Gasteiger partial charge in [0.2, 0.25) is 0 Å². The molecule has 0 aromatic carbocycles. The summed E-state index contributed by atoms with van der Waals surface area (Å²) in [5.74, 6) is -0.821. The van der Waals surface area contributed by atoms with Crippen LogP contribution in [0.2, 0.25) is 0 Å². The highest BCUT2D eigenvalue weighted by molar-refractivity contribution is 7.09. The van der Waals surface area contributed by atoms with Gasteiger partial charge in [0.05, 0.1) is 6.54 Å². The topological polar surface area (TPSA) is 53.4 Å². The number of unbranched alkanes of at least 4 members (excludes halogenated alkanes) is 1. The summed E-state index contributed by atoms with van der Waals surface area (Å²) in [5.41, 5.74) is 0.983. The van der Waals surface area contributed by atoms with E-state index in [0.717, 1.165) is 23.5 Å². The van der Waals surface area contributed by atoms with Crippen LogP contribution >= 0.6 is 11.3 Å². The molecular weight excluding hydrogens is 248 g/mol. The Morgan fingerprint density at radius 1 is 1.67 bits per heavy atom. The Morgan fingerprint density at radius 3 is 2.89 bits per heavy atom. The van der Waals surface area contributed by atoms with Crippen LogP contribution in [0.1, 0.15) is 30.5 Å². The maximum absolute atomic E-state index is 11.2. The highest BCUT2D eigenvalue weighted by atomic mass is 32.1. The third kappa shape index (κ3) is 4.58. The van der Waals surface area contributed by atoms with Crippen LogP contribution in [-0.2, 0) is 11.3 Å². The molecule has 5 heteroatoms. The second-order valence-electron chi connectivity index (χ2n) is 4.30. The van der Waals surface area contributed by atoms with Crippen molar-refractivity contribution in [3.63, 3.8) is 0 Å². The molecule has 1 aromatic heterocycles. The lowest BCUT2D eigenvalue weighted by Gasteiger charge is -2.20. The molecule has 100 valence electrons. The second-order valence-corrected chi connectivity index (χ2v) is 5.24. The highest BCUT2D eigenvalue weighted by Gasteiger charge is 2.20. The van der Waals surface area contributed by atoms with E-state index in [1.54, 1.807) is 22.3 Å². The van der Waals surface area contributed by atoms with Crippen molar-refractivity contribution in [3.05, 3.63) is 28.2 Å². The smallest absolute Gasteiger partial charge is 0.324 e. The zero-order valence-electron chi connectivity index (χ0n) is 11.1. The van der Waals surface area contributed by atoms with Crippen molar-refractivity contribution in [2.75, 3.05) is 7.05 Å². The van der Waals surface area contributed by atoms with Crippen LogP contribution in [0.4, 0.5) is 0 Å². The zero-order chi connectivity index (χ0) is 13.5. The van der Waals surface area contributed by atoms with E-state index < -0.39 is 12.0 Å². The molecule has 0 amide bonds. The summed E-state index contributed by atoms with van der Waals surface area (Å²) in [5, 5.41) is 12.1. The zero-order valence-corrected chi connectivity index (χ0v) is 11.9. The summed E-state index contributed by atoms with van der Waals surface area (Å²) in [7, 11) is 1.81. The first-order chi connectivity index (χ1) is 8.54. The van der Waals surface area contributed by atoms with E-state index in [9.17, 15) is 9.90 Å². The van der Waals surface area contributed by atoms with Crippen molar-refractivity contribution in [1.82, 2.24) is 9.88 Å². The number of aliphatic carboxylic acids is 1. The molecule has 0 saturated carbocycles. The Bertz CT molecular complexity index is 415. The van der Waals surface area contributed by atoms with Gasteiger partial charge in [0.1, 0.15) is 11.0 Å². The molecule has 0 aliphatic rings. The van der Waals surface area contributed by atoms with Crippen molar-refractivity contribution >= 4 is 17.3 Å². The lowest BCUT2D eigenvalue weighted by molar-refractivity contribution is -0.141. The highest BCUT2D eigenvalue weighted by Crippen LogP contribution is 2.13. The summed E-state index contributed by atoms with van der Waals surface area (Å²) in [6.45, 7) is 4.57. The number of aromatic nitrogens is 1. The van der Waals surface area contributed by atoms with Crippen LogP contribution < -0.4 is 0 Å². The predicted octanol–water partition coefficient (Wildman–Crippen LogP) is 2.69. The SMILES string of the molecule is CCC/C=C/[C@H](C(=O)O)N(C)Cc1nc(C)cs1. The Kier molecular flexibility index (Phi) is 6.01. The number of rotatable bonds is 7. The van der Waals surface area contributed by atoms with E-state index in [0.29, 0.717) is 6.54 Å². The molecule has 0 unspecified atom stereocenters. The maximum atomic E-state index is 11.2. The molecular formula is C13H20N2O2S. The van der Waals surface area contributed by atoms with Crippen LogP contribution in [0.15, 0.2) is 17.5 Å². The summed E-state index contributed by atoms with van der Waals surface area (Å²) in [6.07, 6.45) is 5.63. The molecule has 0 saturated heterocycles. The number of carboxylic acid groups (broad SMARTS) is 1. The molecule has 0 radical (unpaired) electrons. The number of likely N-dealkylation sites (N-methyl/N-ethyl adjacent to an activating group) is 1. The average molecular weight is 268 g/mol. The number of thiazole rings is 1. The molecule has 1 rings (SSSR count). The van der Waals surface area contributed by atoms with Gasteiger partial charge in [-0.3, -0.25) is 9.69 Å². The largest absolute Gasteiger partial charge is 0.480 e. The van der Waals surface area contributed by atoms with Crippen molar-refractivity contribution in [2.24, 2.45) is 0 Å². The first-order valence-electron chi connectivity index (χ1n) is 6.05. The van der Waals surface area contributed by atoms with Crippen LogP contribution in [0.3, 0.4) is 0 Å². The van der Waals surface area contributed by atoms with Crippen LogP contribution in [-0.4, -0.2) is 34.0 Å². The minimum Gasteiger partial charge on any atom is -0.480 e. The molecule has 4 nitrogen and oxygen atoms in total. The third-order valence-electron chi connectivity index (χ3n) is 2.55. The van der Waals surface area contributed by atoms with Crippen molar-refractivity contribution < 1.29 is 9.90 Å². The summed E-state index contributed by atoms with van der Waals surface area (Å²) < 4.78 is 0. The van der Waals surface area contributed by atoms with Gasteiger partial charge in [-0.05, 0) is 20.4 Å². The molecule has 0 aliphatic carbocycles. The Hall–Kier alpha value is -1.20. The second kappa shape index (κ2) is 7.28. The van der Waals surface area contributed by atoms with Crippen LogP contribution in [0.5, 0.6) is 0 Å². The van der Waals surface area contributed by atoms with Gasteiger partial charge >= 0.3 is 5.97 Å². The Labute approximate surface area is 112 Å².